The minimum absolute atomic E-state index is 0.170. The topological polar surface area (TPSA) is 49.5 Å². The fourth-order valence-corrected chi connectivity index (χ4v) is 2.49. The zero-order chi connectivity index (χ0) is 12.4. The van der Waals surface area contributed by atoms with Crippen molar-refractivity contribution >= 4 is 0 Å². The molecule has 0 amide bonds. The summed E-state index contributed by atoms with van der Waals surface area (Å²) in [5, 5.41) is 10.6. The van der Waals surface area contributed by atoms with E-state index in [0.29, 0.717) is 12.5 Å². The van der Waals surface area contributed by atoms with Gasteiger partial charge < -0.3 is 15.7 Å². The van der Waals surface area contributed by atoms with E-state index in [1.807, 2.05) is 0 Å². The number of hydrogen-bond donors (Lipinski definition) is 2. The third-order valence-corrected chi connectivity index (χ3v) is 4.08. The SMILES string of the molecule is CC(C)CN1CCC(O)(C(C)(C)CN)CC1. The van der Waals surface area contributed by atoms with Gasteiger partial charge in [-0.3, -0.25) is 0 Å². The van der Waals surface area contributed by atoms with Crippen LogP contribution in [0.15, 0.2) is 0 Å². The molecule has 1 saturated heterocycles. The summed E-state index contributed by atoms with van der Waals surface area (Å²) >= 11 is 0. The minimum Gasteiger partial charge on any atom is -0.389 e. The highest BCUT2D eigenvalue weighted by Gasteiger charge is 2.44. The van der Waals surface area contributed by atoms with Crippen LogP contribution in [0.4, 0.5) is 0 Å². The Hall–Kier alpha value is -0.120. The number of aliphatic hydroxyl groups is 1. The van der Waals surface area contributed by atoms with E-state index in [1.165, 1.54) is 0 Å². The standard InChI is InChI=1S/C13H28N2O/c1-11(2)9-15-7-5-13(16,6-8-15)12(3,4)10-14/h11,16H,5-10,14H2,1-4H3. The van der Waals surface area contributed by atoms with Crippen molar-refractivity contribution in [2.24, 2.45) is 17.1 Å². The van der Waals surface area contributed by atoms with E-state index < -0.39 is 5.60 Å². The molecule has 0 radical (unpaired) electrons. The second-order valence-corrected chi connectivity index (χ2v) is 6.31. The van der Waals surface area contributed by atoms with Crippen molar-refractivity contribution in [3.8, 4) is 0 Å². The smallest absolute Gasteiger partial charge is 0.0734 e. The van der Waals surface area contributed by atoms with E-state index in [1.54, 1.807) is 0 Å². The molecule has 16 heavy (non-hydrogen) atoms. The second kappa shape index (κ2) is 5.03. The second-order valence-electron chi connectivity index (χ2n) is 6.31. The maximum absolute atomic E-state index is 10.6. The maximum atomic E-state index is 10.6. The number of nitrogens with zero attached hydrogens (tertiary/aromatic N) is 1. The molecule has 1 rings (SSSR count). The Morgan fingerprint density at radius 2 is 1.81 bits per heavy atom. The van der Waals surface area contributed by atoms with Crippen molar-refractivity contribution in [1.29, 1.82) is 0 Å². The van der Waals surface area contributed by atoms with Gasteiger partial charge in [0.15, 0.2) is 0 Å². The van der Waals surface area contributed by atoms with Crippen molar-refractivity contribution in [2.45, 2.75) is 46.1 Å². The third kappa shape index (κ3) is 2.96. The molecule has 1 aliphatic rings. The van der Waals surface area contributed by atoms with Gasteiger partial charge in [0.2, 0.25) is 0 Å². The van der Waals surface area contributed by atoms with E-state index in [-0.39, 0.29) is 5.41 Å². The summed E-state index contributed by atoms with van der Waals surface area (Å²) in [4.78, 5) is 2.45. The molecule has 0 spiro atoms. The van der Waals surface area contributed by atoms with Gasteiger partial charge in [-0.25, -0.2) is 0 Å². The van der Waals surface area contributed by atoms with E-state index in [2.05, 4.69) is 32.6 Å². The number of piperidine rings is 1. The van der Waals surface area contributed by atoms with Crippen molar-refractivity contribution in [3.05, 3.63) is 0 Å². The fraction of sp³-hybridized carbons (Fsp3) is 1.00. The third-order valence-electron chi connectivity index (χ3n) is 4.08. The van der Waals surface area contributed by atoms with Crippen molar-refractivity contribution in [2.75, 3.05) is 26.2 Å². The lowest BCUT2D eigenvalue weighted by atomic mass is 9.69. The van der Waals surface area contributed by atoms with Crippen LogP contribution < -0.4 is 5.73 Å². The number of nitrogens with two attached hydrogens (primary N) is 1. The normalized spacial score (nSPS) is 22.7. The zero-order valence-electron chi connectivity index (χ0n) is 11.3. The summed E-state index contributed by atoms with van der Waals surface area (Å²) in [5.74, 6) is 0.703. The van der Waals surface area contributed by atoms with Crippen LogP contribution in [0.2, 0.25) is 0 Å². The van der Waals surface area contributed by atoms with Gasteiger partial charge in [-0.2, -0.15) is 0 Å². The molecule has 0 atom stereocenters. The molecule has 0 saturated carbocycles. The molecule has 0 aromatic rings. The molecule has 1 fully saturated rings. The Bertz CT molecular complexity index is 218. The highest BCUT2D eigenvalue weighted by molar-refractivity contribution is 4.97. The molecule has 0 bridgehead atoms. The van der Waals surface area contributed by atoms with Gasteiger partial charge in [0.1, 0.15) is 0 Å². The monoisotopic (exact) mass is 228 g/mol. The first-order valence-electron chi connectivity index (χ1n) is 6.45. The van der Waals surface area contributed by atoms with Crippen LogP contribution in [0.1, 0.15) is 40.5 Å². The number of rotatable bonds is 4. The van der Waals surface area contributed by atoms with Crippen LogP contribution >= 0.6 is 0 Å². The molecule has 0 aliphatic carbocycles. The molecule has 1 heterocycles. The van der Waals surface area contributed by atoms with Gasteiger partial charge in [-0.05, 0) is 18.8 Å². The summed E-state index contributed by atoms with van der Waals surface area (Å²) in [5.41, 5.74) is 5.02. The first-order valence-corrected chi connectivity index (χ1v) is 6.45. The lowest BCUT2D eigenvalue weighted by Gasteiger charge is -2.47. The Morgan fingerprint density at radius 1 is 1.31 bits per heavy atom. The average molecular weight is 228 g/mol. The number of hydrogen-bond acceptors (Lipinski definition) is 3. The minimum atomic E-state index is -0.574. The van der Waals surface area contributed by atoms with Crippen molar-refractivity contribution < 1.29 is 5.11 Å². The summed E-state index contributed by atoms with van der Waals surface area (Å²) < 4.78 is 0. The fourth-order valence-electron chi connectivity index (χ4n) is 2.49. The summed E-state index contributed by atoms with van der Waals surface area (Å²) in [6, 6.07) is 0. The molecular weight excluding hydrogens is 200 g/mol. The molecule has 1 aliphatic heterocycles. The largest absolute Gasteiger partial charge is 0.389 e. The Kier molecular flexibility index (Phi) is 4.38. The molecule has 3 nitrogen and oxygen atoms in total. The molecule has 0 unspecified atom stereocenters. The van der Waals surface area contributed by atoms with Gasteiger partial charge in [-0.15, -0.1) is 0 Å². The van der Waals surface area contributed by atoms with Gasteiger partial charge >= 0.3 is 0 Å². The van der Waals surface area contributed by atoms with Crippen LogP contribution in [0.5, 0.6) is 0 Å². The molecule has 3 N–H and O–H groups in total. The van der Waals surface area contributed by atoms with Crippen molar-refractivity contribution in [1.82, 2.24) is 4.90 Å². The molecule has 3 heteroatoms. The van der Waals surface area contributed by atoms with Gasteiger partial charge in [0.05, 0.1) is 5.60 Å². The van der Waals surface area contributed by atoms with Crippen LogP contribution in [0.3, 0.4) is 0 Å². The first-order chi connectivity index (χ1) is 7.31. The van der Waals surface area contributed by atoms with Gasteiger partial charge in [0.25, 0.3) is 0 Å². The average Bonchev–Trinajstić information content (AvgIpc) is 2.21. The Labute approximate surface area is 100 Å². The van der Waals surface area contributed by atoms with E-state index in [0.717, 1.165) is 32.5 Å². The van der Waals surface area contributed by atoms with E-state index >= 15 is 0 Å². The summed E-state index contributed by atoms with van der Waals surface area (Å²) in [7, 11) is 0. The molecular formula is C13H28N2O. The number of likely N-dealkylation sites (tertiary alicyclic amines) is 1. The molecule has 96 valence electrons. The van der Waals surface area contributed by atoms with E-state index in [9.17, 15) is 5.11 Å². The quantitative estimate of drug-likeness (QED) is 0.766. The van der Waals surface area contributed by atoms with Crippen molar-refractivity contribution in [3.63, 3.8) is 0 Å². The van der Waals surface area contributed by atoms with Gasteiger partial charge in [-0.1, -0.05) is 27.7 Å². The highest BCUT2D eigenvalue weighted by atomic mass is 16.3. The maximum Gasteiger partial charge on any atom is 0.0734 e. The molecule has 0 aromatic heterocycles. The Balaban J connectivity index is 2.53. The van der Waals surface area contributed by atoms with Crippen LogP contribution in [0, 0.1) is 11.3 Å². The lowest BCUT2D eigenvalue weighted by molar-refractivity contribution is -0.103. The highest BCUT2D eigenvalue weighted by Crippen LogP contribution is 2.38. The van der Waals surface area contributed by atoms with Crippen LogP contribution in [0.25, 0.3) is 0 Å². The Morgan fingerprint density at radius 3 is 2.19 bits per heavy atom. The predicted molar refractivity (Wildman–Crippen MR) is 68.3 cm³/mol. The summed E-state index contributed by atoms with van der Waals surface area (Å²) in [6.07, 6.45) is 1.70. The predicted octanol–water partition coefficient (Wildman–Crippen LogP) is 1.45. The first kappa shape index (κ1) is 13.9. The van der Waals surface area contributed by atoms with Crippen LogP contribution in [-0.2, 0) is 0 Å². The van der Waals surface area contributed by atoms with E-state index in [4.69, 9.17) is 5.73 Å². The van der Waals surface area contributed by atoms with Crippen LogP contribution in [-0.4, -0.2) is 41.8 Å². The molecule has 0 aromatic carbocycles. The summed E-state index contributed by atoms with van der Waals surface area (Å²) in [6.45, 7) is 12.3. The van der Waals surface area contributed by atoms with Gasteiger partial charge in [0, 0.05) is 31.6 Å². The zero-order valence-corrected chi connectivity index (χ0v) is 11.3. The lowest BCUT2D eigenvalue weighted by Crippen LogP contribution is -2.55.